The molecular weight excluding hydrogens is 398 g/mol. The summed E-state index contributed by atoms with van der Waals surface area (Å²) in [6.45, 7) is 9.17. The Morgan fingerprint density at radius 3 is 2.61 bits per heavy atom. The van der Waals surface area contributed by atoms with E-state index in [1.165, 1.54) is 0 Å². The lowest BCUT2D eigenvalue weighted by Gasteiger charge is -2.30. The molecule has 2 fully saturated rings. The van der Waals surface area contributed by atoms with Crippen LogP contribution in [0.2, 0.25) is 0 Å². The molecule has 2 N–H and O–H groups in total. The number of ether oxygens (including phenoxy) is 2. The van der Waals surface area contributed by atoms with Gasteiger partial charge < -0.3 is 25.0 Å². The number of hydrogen-bond acceptors (Lipinski definition) is 6. The number of morpholine rings is 1. The van der Waals surface area contributed by atoms with E-state index in [4.69, 9.17) is 9.47 Å². The molecule has 3 rings (SSSR count). The zero-order valence-electron chi connectivity index (χ0n) is 18.6. The molecule has 0 radical (unpaired) electrons. The quantitative estimate of drug-likeness (QED) is 0.677. The molecular formula is C23H33N3O5. The number of rotatable bonds is 7. The normalized spacial score (nSPS) is 22.8. The van der Waals surface area contributed by atoms with Crippen molar-refractivity contribution in [1.82, 2.24) is 10.6 Å². The fourth-order valence-electron chi connectivity index (χ4n) is 3.94. The minimum atomic E-state index is -0.720. The Morgan fingerprint density at radius 1 is 1.19 bits per heavy atom. The van der Waals surface area contributed by atoms with Gasteiger partial charge >= 0.3 is 0 Å². The maximum absolute atomic E-state index is 13.0. The van der Waals surface area contributed by atoms with Gasteiger partial charge in [-0.1, -0.05) is 26.8 Å². The first-order chi connectivity index (χ1) is 14.8. The van der Waals surface area contributed by atoms with Gasteiger partial charge in [0, 0.05) is 30.3 Å². The minimum Gasteiger partial charge on any atom is -0.378 e. The number of amides is 2. The van der Waals surface area contributed by atoms with Gasteiger partial charge in [-0.25, -0.2) is 0 Å². The van der Waals surface area contributed by atoms with Gasteiger partial charge in [-0.2, -0.15) is 0 Å². The van der Waals surface area contributed by atoms with E-state index in [9.17, 15) is 14.4 Å². The summed E-state index contributed by atoms with van der Waals surface area (Å²) < 4.78 is 10.6. The highest BCUT2D eigenvalue weighted by atomic mass is 16.5. The van der Waals surface area contributed by atoms with Crippen molar-refractivity contribution in [3.05, 3.63) is 29.8 Å². The molecule has 3 atom stereocenters. The molecule has 1 aromatic carbocycles. The number of carbonyl (C=O) groups excluding carboxylic acids is 3. The molecule has 8 nitrogen and oxygen atoms in total. The van der Waals surface area contributed by atoms with Crippen molar-refractivity contribution in [3.8, 4) is 0 Å². The first-order valence-electron chi connectivity index (χ1n) is 11.0. The molecule has 0 saturated carbocycles. The number of carbonyl (C=O) groups is 3. The maximum Gasteiger partial charge on any atom is 0.252 e. The standard InChI is InChI=1S/C23H33N3O5/c1-15(2)11-19(23(29)25-21-16(3)13-31-14-20(21)27)24-22(28)17-5-4-6-18(12-17)26-7-9-30-10-8-26/h4-6,12,15-16,19,21H,7-11,13-14H2,1-3H3,(H,24,28)(H,25,29)/t16-,19+,21+/m1/s1. The summed E-state index contributed by atoms with van der Waals surface area (Å²) in [7, 11) is 0. The van der Waals surface area contributed by atoms with Crippen molar-refractivity contribution < 1.29 is 23.9 Å². The van der Waals surface area contributed by atoms with Crippen LogP contribution in [0.3, 0.4) is 0 Å². The van der Waals surface area contributed by atoms with Gasteiger partial charge in [0.25, 0.3) is 5.91 Å². The Kier molecular flexibility index (Phi) is 8.03. The van der Waals surface area contributed by atoms with Gasteiger partial charge in [-0.05, 0) is 30.5 Å². The van der Waals surface area contributed by atoms with Crippen LogP contribution in [0.5, 0.6) is 0 Å². The van der Waals surface area contributed by atoms with Crippen molar-refractivity contribution in [2.45, 2.75) is 39.3 Å². The highest BCUT2D eigenvalue weighted by Gasteiger charge is 2.33. The van der Waals surface area contributed by atoms with Gasteiger partial charge in [0.1, 0.15) is 12.6 Å². The number of nitrogens with zero attached hydrogens (tertiary/aromatic N) is 1. The van der Waals surface area contributed by atoms with Crippen LogP contribution in [-0.4, -0.2) is 69.2 Å². The topological polar surface area (TPSA) is 97.0 Å². The van der Waals surface area contributed by atoms with E-state index in [-0.39, 0.29) is 36.0 Å². The van der Waals surface area contributed by atoms with Crippen LogP contribution < -0.4 is 15.5 Å². The van der Waals surface area contributed by atoms with Crippen LogP contribution in [0, 0.1) is 11.8 Å². The van der Waals surface area contributed by atoms with E-state index in [1.54, 1.807) is 6.07 Å². The zero-order chi connectivity index (χ0) is 22.4. The second kappa shape index (κ2) is 10.7. The molecule has 2 aliphatic rings. The van der Waals surface area contributed by atoms with Gasteiger partial charge in [-0.3, -0.25) is 14.4 Å². The molecule has 170 valence electrons. The number of benzene rings is 1. The molecule has 2 saturated heterocycles. The molecule has 2 amide bonds. The van der Waals surface area contributed by atoms with E-state index in [0.717, 1.165) is 18.8 Å². The van der Waals surface area contributed by atoms with Crippen molar-refractivity contribution >= 4 is 23.3 Å². The minimum absolute atomic E-state index is 0.00479. The first kappa shape index (κ1) is 23.2. The van der Waals surface area contributed by atoms with E-state index >= 15 is 0 Å². The summed E-state index contributed by atoms with van der Waals surface area (Å²) in [5, 5.41) is 5.72. The van der Waals surface area contributed by atoms with Gasteiger partial charge in [0.05, 0.1) is 25.9 Å². The summed E-state index contributed by atoms with van der Waals surface area (Å²) in [6, 6.07) is 6.10. The lowest BCUT2D eigenvalue weighted by molar-refractivity contribution is -0.137. The van der Waals surface area contributed by atoms with Crippen molar-refractivity contribution in [3.63, 3.8) is 0 Å². The van der Waals surface area contributed by atoms with E-state index in [2.05, 4.69) is 15.5 Å². The summed E-state index contributed by atoms with van der Waals surface area (Å²) in [6.07, 6.45) is 0.479. The SMILES string of the molecule is CC(C)C[C@H](NC(=O)c1cccc(N2CCOCC2)c1)C(=O)N[C@@H]1C(=O)COC[C@H]1C. The first-order valence-corrected chi connectivity index (χ1v) is 11.0. The Hall–Kier alpha value is -2.45. The maximum atomic E-state index is 13.0. The smallest absolute Gasteiger partial charge is 0.252 e. The van der Waals surface area contributed by atoms with Crippen molar-refractivity contribution in [2.24, 2.45) is 11.8 Å². The molecule has 2 heterocycles. The van der Waals surface area contributed by atoms with Gasteiger partial charge in [0.15, 0.2) is 5.78 Å². The summed E-state index contributed by atoms with van der Waals surface area (Å²) in [4.78, 5) is 40.3. The van der Waals surface area contributed by atoms with E-state index < -0.39 is 12.1 Å². The highest BCUT2D eigenvalue weighted by molar-refractivity contribution is 5.99. The molecule has 31 heavy (non-hydrogen) atoms. The fourth-order valence-corrected chi connectivity index (χ4v) is 3.94. The molecule has 8 heteroatoms. The second-order valence-electron chi connectivity index (χ2n) is 8.75. The Balaban J connectivity index is 1.69. The molecule has 0 aromatic heterocycles. The summed E-state index contributed by atoms with van der Waals surface area (Å²) >= 11 is 0. The predicted molar refractivity (Wildman–Crippen MR) is 117 cm³/mol. The molecule has 0 unspecified atom stereocenters. The van der Waals surface area contributed by atoms with Crippen LogP contribution in [0.1, 0.15) is 37.6 Å². The largest absolute Gasteiger partial charge is 0.378 e. The van der Waals surface area contributed by atoms with Crippen molar-refractivity contribution in [2.75, 3.05) is 44.4 Å². The molecule has 0 spiro atoms. The third-order valence-electron chi connectivity index (χ3n) is 5.65. The van der Waals surface area contributed by atoms with Crippen LogP contribution in [0.15, 0.2) is 24.3 Å². The summed E-state index contributed by atoms with van der Waals surface area (Å²) in [5.41, 5.74) is 1.46. The lowest BCUT2D eigenvalue weighted by Crippen LogP contribution is -2.56. The molecule has 2 aliphatic heterocycles. The lowest BCUT2D eigenvalue weighted by atomic mass is 9.95. The monoisotopic (exact) mass is 431 g/mol. The van der Waals surface area contributed by atoms with Crippen LogP contribution >= 0.6 is 0 Å². The predicted octanol–water partition coefficient (Wildman–Crippen LogP) is 1.39. The highest BCUT2D eigenvalue weighted by Crippen LogP contribution is 2.18. The van der Waals surface area contributed by atoms with Gasteiger partial charge in [0.2, 0.25) is 5.91 Å². The second-order valence-corrected chi connectivity index (χ2v) is 8.75. The number of Topliss-reactive ketones (excluding diaryl/α,β-unsaturated/α-hetero) is 1. The van der Waals surface area contributed by atoms with Crippen LogP contribution in [-0.2, 0) is 19.1 Å². The third kappa shape index (κ3) is 6.27. The van der Waals surface area contributed by atoms with Crippen LogP contribution in [0.25, 0.3) is 0 Å². The van der Waals surface area contributed by atoms with E-state index in [0.29, 0.717) is 31.8 Å². The third-order valence-corrected chi connectivity index (χ3v) is 5.65. The van der Waals surface area contributed by atoms with Gasteiger partial charge in [-0.15, -0.1) is 0 Å². The zero-order valence-corrected chi connectivity index (χ0v) is 18.6. The number of ketones is 1. The molecule has 0 bridgehead atoms. The number of anilines is 1. The average molecular weight is 432 g/mol. The summed E-state index contributed by atoms with van der Waals surface area (Å²) in [5.74, 6) is -0.690. The average Bonchev–Trinajstić information content (AvgIpc) is 2.76. The van der Waals surface area contributed by atoms with E-state index in [1.807, 2.05) is 39.0 Å². The van der Waals surface area contributed by atoms with Crippen LogP contribution in [0.4, 0.5) is 5.69 Å². The molecule has 1 aromatic rings. The molecule has 0 aliphatic carbocycles. The Morgan fingerprint density at radius 2 is 1.94 bits per heavy atom. The fraction of sp³-hybridized carbons (Fsp3) is 0.609. The van der Waals surface area contributed by atoms with Crippen molar-refractivity contribution in [1.29, 1.82) is 0 Å². The number of hydrogen-bond donors (Lipinski definition) is 2. The number of nitrogens with one attached hydrogen (secondary N) is 2. The Labute approximate surface area is 183 Å². The Bertz CT molecular complexity index is 791.